The molecule has 0 fully saturated rings. The number of nitrogens with zero attached hydrogens (tertiary/aromatic N) is 1. The van der Waals surface area contributed by atoms with Gasteiger partial charge in [0.25, 0.3) is 0 Å². The van der Waals surface area contributed by atoms with E-state index in [1.807, 2.05) is 40.7 Å². The van der Waals surface area contributed by atoms with Gasteiger partial charge in [0.2, 0.25) is 0 Å². The van der Waals surface area contributed by atoms with E-state index in [4.69, 9.17) is 27.5 Å². The van der Waals surface area contributed by atoms with E-state index in [2.05, 4.69) is 0 Å². The van der Waals surface area contributed by atoms with Gasteiger partial charge in [-0.1, -0.05) is 13.0 Å². The molecular weight excluding hydrogens is 380 g/mol. The molecule has 1 N–H and O–H groups in total. The molecule has 1 aromatic carbocycles. The highest BCUT2D eigenvalue weighted by Gasteiger charge is 2.23. The monoisotopic (exact) mass is 409 g/mol. The molecule has 0 aromatic heterocycles. The molecule has 0 amide bonds. The molecular formula is C16H29NO7P2. The van der Waals surface area contributed by atoms with Crippen molar-refractivity contribution >= 4 is 17.1 Å². The third-order valence-corrected chi connectivity index (χ3v) is 5.47. The van der Waals surface area contributed by atoms with Gasteiger partial charge in [0, 0.05) is 6.07 Å². The van der Waals surface area contributed by atoms with Gasteiger partial charge in [-0.2, -0.15) is 0 Å². The van der Waals surface area contributed by atoms with Crippen LogP contribution >= 0.6 is 17.1 Å². The minimum atomic E-state index is -1.71. The Hall–Kier alpha value is -0.560. The van der Waals surface area contributed by atoms with E-state index < -0.39 is 17.1 Å². The fourth-order valence-corrected chi connectivity index (χ4v) is 3.64. The van der Waals surface area contributed by atoms with Crippen LogP contribution in [0.15, 0.2) is 18.2 Å². The molecule has 0 saturated heterocycles. The summed E-state index contributed by atoms with van der Waals surface area (Å²) >= 11 is 0. The second-order valence-electron chi connectivity index (χ2n) is 4.69. The first-order chi connectivity index (χ1) is 12.6. The smallest absolute Gasteiger partial charge is 0.397 e. The van der Waals surface area contributed by atoms with E-state index >= 15 is 0 Å². The zero-order valence-corrected chi connectivity index (χ0v) is 17.8. The molecule has 0 saturated carbocycles. The van der Waals surface area contributed by atoms with E-state index in [0.29, 0.717) is 42.9 Å². The Balaban J connectivity index is 2.89. The second kappa shape index (κ2) is 13.6. The van der Waals surface area contributed by atoms with Crippen LogP contribution in [0, 0.1) is 0 Å². The molecule has 1 rings (SSSR count). The molecule has 0 aliphatic rings. The van der Waals surface area contributed by atoms with Crippen molar-refractivity contribution in [2.75, 3.05) is 26.4 Å². The molecule has 0 radical (unpaired) electrons. The summed E-state index contributed by atoms with van der Waals surface area (Å²) in [5.74, 6) is 0.970. The Morgan fingerprint density at radius 3 is 1.96 bits per heavy atom. The van der Waals surface area contributed by atoms with Crippen LogP contribution in [-0.4, -0.2) is 36.6 Å². The lowest BCUT2D eigenvalue weighted by Gasteiger charge is -2.23. The van der Waals surface area contributed by atoms with Gasteiger partial charge in [-0.25, -0.2) is 0 Å². The fraction of sp³-hybridized carbons (Fsp3) is 0.625. The van der Waals surface area contributed by atoms with Gasteiger partial charge in [0.15, 0.2) is 5.75 Å². The van der Waals surface area contributed by atoms with Gasteiger partial charge in [0.1, 0.15) is 5.75 Å². The van der Waals surface area contributed by atoms with Crippen molar-refractivity contribution in [2.24, 2.45) is 0 Å². The van der Waals surface area contributed by atoms with Crippen molar-refractivity contribution in [2.45, 2.75) is 41.0 Å². The molecule has 150 valence electrons. The van der Waals surface area contributed by atoms with Gasteiger partial charge in [-0.15, -0.1) is 0 Å². The SMILES string of the molecule is CCOP(OCC)Oc1cc(ON(O)P(OCC)OCC)ccc1CC. The number of aryl methyl sites for hydroxylation is 1. The molecule has 1 aromatic rings. The van der Waals surface area contributed by atoms with Crippen molar-refractivity contribution in [3.8, 4) is 11.5 Å². The number of hydrogen-bond acceptors (Lipinski definition) is 8. The predicted molar refractivity (Wildman–Crippen MR) is 101 cm³/mol. The standard InChI is InChI=1S/C16H29NO7P2/c1-6-14-11-12-15(23-17(18)25(19-7-2)20-8-3)13-16(14)24-26(21-9-4)22-10-5/h11-13,18H,6-10H2,1-5H3. The van der Waals surface area contributed by atoms with E-state index in [9.17, 15) is 5.21 Å². The first kappa shape index (κ1) is 23.5. The molecule has 0 aliphatic heterocycles. The van der Waals surface area contributed by atoms with Crippen LogP contribution in [0.3, 0.4) is 0 Å². The van der Waals surface area contributed by atoms with Gasteiger partial charge in [0.05, 0.1) is 31.4 Å². The molecule has 0 atom stereocenters. The van der Waals surface area contributed by atoms with Crippen molar-refractivity contribution in [3.05, 3.63) is 23.8 Å². The molecule has 0 aliphatic carbocycles. The highest BCUT2D eigenvalue weighted by Crippen LogP contribution is 2.44. The van der Waals surface area contributed by atoms with Crippen LogP contribution in [0.4, 0.5) is 0 Å². The van der Waals surface area contributed by atoms with Gasteiger partial charge in [-0.3, -0.25) is 5.21 Å². The van der Waals surface area contributed by atoms with Crippen LogP contribution in [-0.2, 0) is 24.5 Å². The molecule has 0 spiro atoms. The van der Waals surface area contributed by atoms with Gasteiger partial charge in [-0.05, 0) is 45.7 Å². The summed E-state index contributed by atoms with van der Waals surface area (Å²) in [5.41, 5.74) is 0.977. The number of benzene rings is 1. The van der Waals surface area contributed by atoms with Crippen LogP contribution < -0.4 is 9.36 Å². The summed E-state index contributed by atoms with van der Waals surface area (Å²) in [6.07, 6.45) is 0.768. The van der Waals surface area contributed by atoms with Crippen molar-refractivity contribution in [3.63, 3.8) is 0 Å². The largest absolute Gasteiger partial charge is 0.426 e. The fourth-order valence-electron chi connectivity index (χ4n) is 1.83. The summed E-state index contributed by atoms with van der Waals surface area (Å²) < 4.78 is 27.6. The summed E-state index contributed by atoms with van der Waals surface area (Å²) in [6, 6.07) is 5.29. The van der Waals surface area contributed by atoms with E-state index in [-0.39, 0.29) is 0 Å². The molecule has 0 bridgehead atoms. The minimum Gasteiger partial charge on any atom is -0.426 e. The molecule has 8 nitrogen and oxygen atoms in total. The highest BCUT2D eigenvalue weighted by molar-refractivity contribution is 7.44. The maximum absolute atomic E-state index is 10.1. The van der Waals surface area contributed by atoms with Crippen LogP contribution in [0.25, 0.3) is 0 Å². The first-order valence-corrected chi connectivity index (χ1v) is 10.9. The third-order valence-electron chi connectivity index (χ3n) is 2.87. The zero-order valence-electron chi connectivity index (χ0n) is 16.0. The Morgan fingerprint density at radius 2 is 1.46 bits per heavy atom. The van der Waals surface area contributed by atoms with Crippen LogP contribution in [0.5, 0.6) is 11.5 Å². The van der Waals surface area contributed by atoms with E-state index in [1.54, 1.807) is 12.1 Å². The average molecular weight is 409 g/mol. The number of hydrogen-bond donors (Lipinski definition) is 1. The van der Waals surface area contributed by atoms with Crippen LogP contribution in [0.2, 0.25) is 0 Å². The Morgan fingerprint density at radius 1 is 0.885 bits per heavy atom. The summed E-state index contributed by atoms with van der Waals surface area (Å²) in [5, 5.41) is 10.1. The topological polar surface area (TPSA) is 78.9 Å². The van der Waals surface area contributed by atoms with Gasteiger partial charge < -0.3 is 27.5 Å². The maximum atomic E-state index is 10.1. The Bertz CT molecular complexity index is 497. The van der Waals surface area contributed by atoms with Crippen LogP contribution in [0.1, 0.15) is 40.2 Å². The van der Waals surface area contributed by atoms with Crippen molar-refractivity contribution < 1.29 is 32.7 Å². The first-order valence-electron chi connectivity index (χ1n) is 8.69. The Labute approximate surface area is 158 Å². The zero-order chi connectivity index (χ0) is 19.4. The van der Waals surface area contributed by atoms with Crippen molar-refractivity contribution in [1.82, 2.24) is 5.00 Å². The lowest BCUT2D eigenvalue weighted by molar-refractivity contribution is -0.214. The maximum Gasteiger partial charge on any atom is 0.397 e. The second-order valence-corrected chi connectivity index (χ2v) is 7.17. The summed E-state index contributed by atoms with van der Waals surface area (Å²) in [7, 11) is -3.21. The average Bonchev–Trinajstić information content (AvgIpc) is 2.62. The highest BCUT2D eigenvalue weighted by atomic mass is 31.2. The summed E-state index contributed by atoms with van der Waals surface area (Å²) in [6.45, 7) is 11.2. The van der Waals surface area contributed by atoms with E-state index in [1.165, 1.54) is 0 Å². The normalized spacial score (nSPS) is 11.6. The lowest BCUT2D eigenvalue weighted by Crippen LogP contribution is -2.20. The predicted octanol–water partition coefficient (Wildman–Crippen LogP) is 5.21. The van der Waals surface area contributed by atoms with Crippen molar-refractivity contribution in [1.29, 1.82) is 0 Å². The third kappa shape index (κ3) is 7.99. The Kier molecular flexibility index (Phi) is 12.3. The van der Waals surface area contributed by atoms with E-state index in [0.717, 1.165) is 12.0 Å². The molecule has 10 heteroatoms. The summed E-state index contributed by atoms with van der Waals surface area (Å²) in [4.78, 5) is 6.03. The van der Waals surface area contributed by atoms with Gasteiger partial charge >= 0.3 is 17.1 Å². The number of rotatable bonds is 14. The lowest BCUT2D eigenvalue weighted by atomic mass is 10.1. The quantitative estimate of drug-likeness (QED) is 0.331. The molecule has 26 heavy (non-hydrogen) atoms. The molecule has 0 unspecified atom stereocenters. The minimum absolute atomic E-state index is 0.384. The molecule has 0 heterocycles.